The zero-order valence-electron chi connectivity index (χ0n) is 13.2. The van der Waals surface area contributed by atoms with Crippen molar-refractivity contribution < 1.29 is 24.2 Å². The SMILES string of the molecule is CN(C)C1(C/C=C(/NC(=O)OC(C)(C)C)C(=O)O)COC1. The molecule has 120 valence electrons. The first-order chi connectivity index (χ1) is 9.56. The van der Waals surface area contributed by atoms with Crippen molar-refractivity contribution in [3.05, 3.63) is 11.8 Å². The highest BCUT2D eigenvalue weighted by molar-refractivity contribution is 5.90. The zero-order valence-corrected chi connectivity index (χ0v) is 13.2. The van der Waals surface area contributed by atoms with Gasteiger partial charge in [0.15, 0.2) is 0 Å². The highest BCUT2D eigenvalue weighted by atomic mass is 16.6. The average Bonchev–Trinajstić information content (AvgIpc) is 2.22. The topological polar surface area (TPSA) is 88.1 Å². The summed E-state index contributed by atoms with van der Waals surface area (Å²) in [5, 5.41) is 11.4. The molecule has 0 aromatic heterocycles. The molecule has 1 aliphatic rings. The van der Waals surface area contributed by atoms with E-state index >= 15 is 0 Å². The van der Waals surface area contributed by atoms with Gasteiger partial charge in [-0.25, -0.2) is 9.59 Å². The monoisotopic (exact) mass is 300 g/mol. The number of likely N-dealkylation sites (N-methyl/N-ethyl adjacent to an activating group) is 1. The van der Waals surface area contributed by atoms with E-state index in [0.29, 0.717) is 19.6 Å². The van der Waals surface area contributed by atoms with Gasteiger partial charge in [-0.3, -0.25) is 10.2 Å². The Labute approximate surface area is 124 Å². The van der Waals surface area contributed by atoms with Gasteiger partial charge in [-0.2, -0.15) is 0 Å². The Balaban J connectivity index is 2.71. The molecule has 0 unspecified atom stereocenters. The molecule has 1 amide bonds. The molecule has 0 bridgehead atoms. The van der Waals surface area contributed by atoms with Crippen LogP contribution in [0, 0.1) is 0 Å². The lowest BCUT2D eigenvalue weighted by molar-refractivity contribution is -0.133. The summed E-state index contributed by atoms with van der Waals surface area (Å²) in [4.78, 5) is 24.9. The van der Waals surface area contributed by atoms with Gasteiger partial charge in [-0.05, 0) is 41.3 Å². The van der Waals surface area contributed by atoms with Gasteiger partial charge in [0.2, 0.25) is 0 Å². The second kappa shape index (κ2) is 6.44. The Bertz CT molecular complexity index is 433. The Morgan fingerprint density at radius 1 is 1.38 bits per heavy atom. The van der Waals surface area contributed by atoms with Crippen LogP contribution in [-0.4, -0.2) is 60.5 Å². The molecule has 21 heavy (non-hydrogen) atoms. The second-order valence-corrected chi connectivity index (χ2v) is 6.37. The van der Waals surface area contributed by atoms with Gasteiger partial charge < -0.3 is 14.6 Å². The molecule has 0 radical (unpaired) electrons. The number of hydrogen-bond donors (Lipinski definition) is 2. The Kier molecular flexibility index (Phi) is 5.36. The molecule has 1 aliphatic heterocycles. The van der Waals surface area contributed by atoms with Crippen LogP contribution in [0.25, 0.3) is 0 Å². The van der Waals surface area contributed by atoms with Gasteiger partial charge in [0.05, 0.1) is 18.8 Å². The van der Waals surface area contributed by atoms with Gasteiger partial charge >= 0.3 is 12.1 Å². The van der Waals surface area contributed by atoms with Crippen molar-refractivity contribution in [1.29, 1.82) is 0 Å². The van der Waals surface area contributed by atoms with E-state index in [-0.39, 0.29) is 11.2 Å². The number of alkyl carbamates (subject to hydrolysis) is 1. The van der Waals surface area contributed by atoms with Crippen LogP contribution in [0.4, 0.5) is 4.79 Å². The van der Waals surface area contributed by atoms with Crippen molar-refractivity contribution in [3.63, 3.8) is 0 Å². The molecule has 7 nitrogen and oxygen atoms in total. The minimum atomic E-state index is -1.20. The first-order valence-corrected chi connectivity index (χ1v) is 6.74. The van der Waals surface area contributed by atoms with E-state index in [4.69, 9.17) is 14.6 Å². The molecule has 1 fully saturated rings. The summed E-state index contributed by atoms with van der Waals surface area (Å²) >= 11 is 0. The Hall–Kier alpha value is -1.60. The molecule has 0 aliphatic carbocycles. The molecule has 0 aromatic carbocycles. The molecule has 7 heteroatoms. The summed E-state index contributed by atoms with van der Waals surface area (Å²) in [6.07, 6.45) is 1.19. The maximum absolute atomic E-state index is 11.6. The summed E-state index contributed by atoms with van der Waals surface area (Å²) in [6, 6.07) is 0. The van der Waals surface area contributed by atoms with E-state index in [9.17, 15) is 9.59 Å². The molecule has 0 atom stereocenters. The fraction of sp³-hybridized carbons (Fsp3) is 0.714. The van der Waals surface area contributed by atoms with E-state index in [1.807, 2.05) is 19.0 Å². The van der Waals surface area contributed by atoms with Gasteiger partial charge in [0.1, 0.15) is 11.3 Å². The van der Waals surface area contributed by atoms with Crippen molar-refractivity contribution in [2.75, 3.05) is 27.3 Å². The standard InChI is InChI=1S/C14H24N2O5/c1-13(2,3)21-12(19)15-10(11(17)18)6-7-14(16(4)5)8-20-9-14/h6H,7-9H2,1-5H3,(H,15,19)(H,17,18)/b10-6+. The summed E-state index contributed by atoms with van der Waals surface area (Å²) in [5.74, 6) is -1.20. The second-order valence-electron chi connectivity index (χ2n) is 6.37. The van der Waals surface area contributed by atoms with E-state index in [1.165, 1.54) is 6.08 Å². The van der Waals surface area contributed by atoms with Crippen LogP contribution in [0.1, 0.15) is 27.2 Å². The first kappa shape index (κ1) is 17.5. The lowest BCUT2D eigenvalue weighted by atomic mass is 9.91. The smallest absolute Gasteiger partial charge is 0.412 e. The maximum Gasteiger partial charge on any atom is 0.412 e. The normalized spacial score (nSPS) is 18.1. The minimum absolute atomic E-state index is 0.183. The first-order valence-electron chi connectivity index (χ1n) is 6.74. The van der Waals surface area contributed by atoms with Crippen LogP contribution in [-0.2, 0) is 14.3 Å². The fourth-order valence-corrected chi connectivity index (χ4v) is 1.79. The number of hydrogen-bond acceptors (Lipinski definition) is 5. The van der Waals surface area contributed by atoms with E-state index in [0.717, 1.165) is 0 Å². The number of amides is 1. The average molecular weight is 300 g/mol. The van der Waals surface area contributed by atoms with Crippen LogP contribution in [0.3, 0.4) is 0 Å². The number of carbonyl (C=O) groups excluding carboxylic acids is 1. The number of nitrogens with one attached hydrogen (secondary N) is 1. The number of carboxylic acids is 1. The van der Waals surface area contributed by atoms with Crippen molar-refractivity contribution >= 4 is 12.1 Å². The molecule has 1 rings (SSSR count). The molecule has 0 spiro atoms. The number of rotatable bonds is 5. The molecule has 1 heterocycles. The third kappa shape index (κ3) is 5.02. The minimum Gasteiger partial charge on any atom is -0.477 e. The van der Waals surface area contributed by atoms with Crippen LogP contribution in [0.5, 0.6) is 0 Å². The molecular formula is C14H24N2O5. The predicted octanol–water partition coefficient (Wildman–Crippen LogP) is 1.20. The number of carboxylic acid groups (broad SMARTS) is 1. The van der Waals surface area contributed by atoms with Crippen LogP contribution < -0.4 is 5.32 Å². The molecule has 2 N–H and O–H groups in total. The van der Waals surface area contributed by atoms with Crippen LogP contribution >= 0.6 is 0 Å². The third-order valence-corrected chi connectivity index (χ3v) is 3.24. The van der Waals surface area contributed by atoms with Crippen molar-refractivity contribution in [1.82, 2.24) is 10.2 Å². The lowest BCUT2D eigenvalue weighted by Crippen LogP contribution is -2.59. The Morgan fingerprint density at radius 3 is 2.29 bits per heavy atom. The molecular weight excluding hydrogens is 276 g/mol. The van der Waals surface area contributed by atoms with Gasteiger partial charge in [-0.15, -0.1) is 0 Å². The fourth-order valence-electron chi connectivity index (χ4n) is 1.79. The summed E-state index contributed by atoms with van der Waals surface area (Å²) in [6.45, 7) is 6.21. The van der Waals surface area contributed by atoms with Gasteiger partial charge in [0.25, 0.3) is 0 Å². The summed E-state index contributed by atoms with van der Waals surface area (Å²) in [5.41, 5.74) is -1.08. The van der Waals surface area contributed by atoms with E-state index in [2.05, 4.69) is 5.32 Å². The highest BCUT2D eigenvalue weighted by Gasteiger charge is 2.40. The molecule has 0 saturated carbocycles. The van der Waals surface area contributed by atoms with Gasteiger partial charge in [-0.1, -0.05) is 6.08 Å². The third-order valence-electron chi connectivity index (χ3n) is 3.24. The highest BCUT2D eigenvalue weighted by Crippen LogP contribution is 2.27. The summed E-state index contributed by atoms with van der Waals surface area (Å²) < 4.78 is 10.3. The van der Waals surface area contributed by atoms with E-state index in [1.54, 1.807) is 20.8 Å². The predicted molar refractivity (Wildman–Crippen MR) is 76.9 cm³/mol. The largest absolute Gasteiger partial charge is 0.477 e. The summed E-state index contributed by atoms with van der Waals surface area (Å²) in [7, 11) is 3.83. The number of aliphatic carboxylic acids is 1. The van der Waals surface area contributed by atoms with E-state index < -0.39 is 17.7 Å². The van der Waals surface area contributed by atoms with Crippen molar-refractivity contribution in [2.45, 2.75) is 38.3 Å². The maximum atomic E-state index is 11.6. The van der Waals surface area contributed by atoms with Gasteiger partial charge in [0, 0.05) is 0 Å². The molecule has 0 aromatic rings. The number of carbonyl (C=O) groups is 2. The van der Waals surface area contributed by atoms with Crippen molar-refractivity contribution in [2.24, 2.45) is 0 Å². The lowest BCUT2D eigenvalue weighted by Gasteiger charge is -2.46. The van der Waals surface area contributed by atoms with Crippen LogP contribution in [0.15, 0.2) is 11.8 Å². The zero-order chi connectivity index (χ0) is 16.3. The molecule has 1 saturated heterocycles. The Morgan fingerprint density at radius 2 is 1.95 bits per heavy atom. The van der Waals surface area contributed by atoms with Crippen LogP contribution in [0.2, 0.25) is 0 Å². The quantitative estimate of drug-likeness (QED) is 0.742. The number of nitrogens with zero attached hydrogens (tertiary/aromatic N) is 1. The van der Waals surface area contributed by atoms with Crippen molar-refractivity contribution in [3.8, 4) is 0 Å². The number of ether oxygens (including phenoxy) is 2.